The maximum Gasteiger partial charge on any atom is 0.337 e. The molecule has 3 rings (SSSR count). The Bertz CT molecular complexity index is 782. The van der Waals surface area contributed by atoms with Crippen molar-refractivity contribution in [3.63, 3.8) is 0 Å². The van der Waals surface area contributed by atoms with Crippen molar-refractivity contribution in [3.05, 3.63) is 40.7 Å². The average molecular weight is 376 g/mol. The molecule has 9 heteroatoms. The van der Waals surface area contributed by atoms with E-state index in [0.29, 0.717) is 11.7 Å². The molecule has 2 aromatic rings. The highest BCUT2D eigenvalue weighted by atomic mass is 32.1. The zero-order valence-electron chi connectivity index (χ0n) is 14.5. The van der Waals surface area contributed by atoms with Crippen LogP contribution in [0.25, 0.3) is 0 Å². The predicted octanol–water partition coefficient (Wildman–Crippen LogP) is 2.10. The van der Waals surface area contributed by atoms with Crippen molar-refractivity contribution < 1.29 is 19.4 Å². The quantitative estimate of drug-likeness (QED) is 0.823. The van der Waals surface area contributed by atoms with Crippen molar-refractivity contribution in [2.24, 2.45) is 0 Å². The van der Waals surface area contributed by atoms with Crippen molar-refractivity contribution in [1.82, 2.24) is 14.9 Å². The number of rotatable bonds is 5. The molecule has 1 aliphatic heterocycles. The first-order valence-electron chi connectivity index (χ1n) is 8.23. The van der Waals surface area contributed by atoms with Crippen LogP contribution < -0.4 is 5.32 Å². The van der Waals surface area contributed by atoms with Crippen LogP contribution in [-0.4, -0.2) is 57.1 Å². The Morgan fingerprint density at radius 2 is 2.08 bits per heavy atom. The van der Waals surface area contributed by atoms with Crippen LogP contribution >= 0.6 is 11.3 Å². The second-order valence-corrected chi connectivity index (χ2v) is 7.14. The van der Waals surface area contributed by atoms with E-state index in [-0.39, 0.29) is 23.5 Å². The lowest BCUT2D eigenvalue weighted by molar-refractivity contribution is -0.0707. The van der Waals surface area contributed by atoms with E-state index in [1.165, 1.54) is 23.5 Å². The molecule has 2 aromatic heterocycles. The van der Waals surface area contributed by atoms with Crippen molar-refractivity contribution in [1.29, 1.82) is 0 Å². The molecule has 0 aliphatic carbocycles. The Morgan fingerprint density at radius 1 is 1.35 bits per heavy atom. The molecule has 0 spiro atoms. The molecule has 0 aromatic carbocycles. The molecule has 8 nitrogen and oxygen atoms in total. The van der Waals surface area contributed by atoms with Gasteiger partial charge in [-0.25, -0.2) is 9.78 Å². The number of thiazole rings is 1. The summed E-state index contributed by atoms with van der Waals surface area (Å²) < 4.78 is 5.72. The number of aromatic nitrogens is 2. The fourth-order valence-corrected chi connectivity index (χ4v) is 3.59. The van der Waals surface area contributed by atoms with E-state index in [1.54, 1.807) is 0 Å². The third-order valence-corrected chi connectivity index (χ3v) is 4.70. The zero-order valence-corrected chi connectivity index (χ0v) is 15.3. The van der Waals surface area contributed by atoms with Crippen LogP contribution in [0.5, 0.6) is 0 Å². The van der Waals surface area contributed by atoms with Crippen LogP contribution in [0.15, 0.2) is 23.7 Å². The van der Waals surface area contributed by atoms with E-state index in [1.807, 2.05) is 5.38 Å². The van der Waals surface area contributed by atoms with Crippen LogP contribution in [0.3, 0.4) is 0 Å². The number of hydrogen-bond donors (Lipinski definition) is 2. The summed E-state index contributed by atoms with van der Waals surface area (Å²) in [6.07, 6.45) is 1.54. The lowest BCUT2D eigenvalue weighted by Crippen LogP contribution is -2.44. The molecular formula is C17H20N4O4S. The Hall–Kier alpha value is -2.36. The van der Waals surface area contributed by atoms with Gasteiger partial charge in [0.15, 0.2) is 5.13 Å². The molecule has 26 heavy (non-hydrogen) atoms. The van der Waals surface area contributed by atoms with Gasteiger partial charge in [0.2, 0.25) is 0 Å². The number of nitrogens with one attached hydrogen (secondary N) is 1. The monoisotopic (exact) mass is 376 g/mol. The molecule has 1 amide bonds. The first-order chi connectivity index (χ1) is 12.4. The molecule has 0 radical (unpaired) electrons. The smallest absolute Gasteiger partial charge is 0.337 e. The van der Waals surface area contributed by atoms with Gasteiger partial charge < -0.3 is 9.84 Å². The summed E-state index contributed by atoms with van der Waals surface area (Å²) in [5, 5.41) is 14.0. The van der Waals surface area contributed by atoms with Gasteiger partial charge in [-0.15, -0.1) is 11.3 Å². The number of hydrogen-bond acceptors (Lipinski definition) is 7. The van der Waals surface area contributed by atoms with Crippen LogP contribution in [0.4, 0.5) is 5.13 Å². The highest BCUT2D eigenvalue weighted by molar-refractivity contribution is 7.13. The van der Waals surface area contributed by atoms with Crippen LogP contribution in [-0.2, 0) is 11.3 Å². The molecule has 2 atom stereocenters. The molecule has 2 N–H and O–H groups in total. The Morgan fingerprint density at radius 3 is 2.69 bits per heavy atom. The number of carbonyl (C=O) groups excluding carboxylic acids is 1. The van der Waals surface area contributed by atoms with Gasteiger partial charge in [0.05, 0.1) is 23.5 Å². The Labute approximate surface area is 154 Å². The highest BCUT2D eigenvalue weighted by Crippen LogP contribution is 2.19. The van der Waals surface area contributed by atoms with E-state index < -0.39 is 11.9 Å². The summed E-state index contributed by atoms with van der Waals surface area (Å²) >= 11 is 1.35. The van der Waals surface area contributed by atoms with Gasteiger partial charge in [-0.3, -0.25) is 20.0 Å². The minimum atomic E-state index is -1.08. The SMILES string of the molecule is CC1CN(Cc2csc(NC(=O)c3ccc(C(=O)O)cn3)n2)CC(C)O1. The lowest BCUT2D eigenvalue weighted by atomic mass is 10.2. The lowest BCUT2D eigenvalue weighted by Gasteiger charge is -2.34. The van der Waals surface area contributed by atoms with Gasteiger partial charge in [-0.1, -0.05) is 0 Å². The molecular weight excluding hydrogens is 356 g/mol. The number of carbonyl (C=O) groups is 2. The third kappa shape index (κ3) is 4.63. The van der Waals surface area contributed by atoms with Crippen LogP contribution in [0.1, 0.15) is 40.4 Å². The number of nitrogens with zero attached hydrogens (tertiary/aromatic N) is 3. The topological polar surface area (TPSA) is 105 Å². The van der Waals surface area contributed by atoms with Crippen LogP contribution in [0.2, 0.25) is 0 Å². The zero-order chi connectivity index (χ0) is 18.7. The second-order valence-electron chi connectivity index (χ2n) is 6.29. The molecule has 138 valence electrons. The average Bonchev–Trinajstić information content (AvgIpc) is 3.00. The first kappa shape index (κ1) is 18.4. The molecule has 1 saturated heterocycles. The fourth-order valence-electron chi connectivity index (χ4n) is 2.90. The minimum absolute atomic E-state index is 0.0343. The number of carboxylic acid groups (broad SMARTS) is 1. The van der Waals surface area contributed by atoms with Gasteiger partial charge in [0, 0.05) is 31.2 Å². The minimum Gasteiger partial charge on any atom is -0.478 e. The van der Waals surface area contributed by atoms with Gasteiger partial charge in [-0.2, -0.15) is 0 Å². The summed E-state index contributed by atoms with van der Waals surface area (Å²) in [7, 11) is 0. The van der Waals surface area contributed by atoms with Gasteiger partial charge in [0.1, 0.15) is 5.69 Å². The summed E-state index contributed by atoms with van der Waals surface area (Å²) in [5.74, 6) is -1.50. The number of ether oxygens (including phenoxy) is 1. The largest absolute Gasteiger partial charge is 0.478 e. The van der Waals surface area contributed by atoms with E-state index in [9.17, 15) is 9.59 Å². The Balaban J connectivity index is 1.59. The highest BCUT2D eigenvalue weighted by Gasteiger charge is 2.23. The first-order valence-corrected chi connectivity index (χ1v) is 9.11. The van der Waals surface area contributed by atoms with E-state index >= 15 is 0 Å². The van der Waals surface area contributed by atoms with Crippen molar-refractivity contribution in [2.75, 3.05) is 18.4 Å². The maximum atomic E-state index is 12.2. The van der Waals surface area contributed by atoms with E-state index in [4.69, 9.17) is 9.84 Å². The van der Waals surface area contributed by atoms with Gasteiger partial charge in [0.25, 0.3) is 5.91 Å². The Kier molecular flexibility index (Phi) is 5.60. The third-order valence-electron chi connectivity index (χ3n) is 3.90. The van der Waals surface area contributed by atoms with Crippen molar-refractivity contribution >= 4 is 28.3 Å². The molecule has 1 fully saturated rings. The second kappa shape index (κ2) is 7.90. The number of aromatic carboxylic acids is 1. The molecule has 0 bridgehead atoms. The molecule has 3 heterocycles. The van der Waals surface area contributed by atoms with Crippen molar-refractivity contribution in [2.45, 2.75) is 32.6 Å². The maximum absolute atomic E-state index is 12.2. The van der Waals surface area contributed by atoms with Gasteiger partial charge in [-0.05, 0) is 26.0 Å². The van der Waals surface area contributed by atoms with E-state index in [0.717, 1.165) is 25.0 Å². The summed E-state index contributed by atoms with van der Waals surface area (Å²) in [6, 6.07) is 2.72. The summed E-state index contributed by atoms with van der Waals surface area (Å²) in [4.78, 5) is 33.6. The molecule has 0 saturated carbocycles. The number of anilines is 1. The normalized spacial score (nSPS) is 20.7. The van der Waals surface area contributed by atoms with Crippen LogP contribution in [0, 0.1) is 0 Å². The fraction of sp³-hybridized carbons (Fsp3) is 0.412. The molecule has 2 unspecified atom stereocenters. The summed E-state index contributed by atoms with van der Waals surface area (Å²) in [6.45, 7) is 6.51. The number of morpholine rings is 1. The summed E-state index contributed by atoms with van der Waals surface area (Å²) in [5.41, 5.74) is 1.07. The van der Waals surface area contributed by atoms with E-state index in [2.05, 4.69) is 34.0 Å². The van der Waals surface area contributed by atoms with Crippen molar-refractivity contribution in [3.8, 4) is 0 Å². The predicted molar refractivity (Wildman–Crippen MR) is 96.5 cm³/mol. The number of carboxylic acids is 1. The van der Waals surface area contributed by atoms with Gasteiger partial charge >= 0.3 is 5.97 Å². The standard InChI is InChI=1S/C17H20N4O4S/c1-10-6-21(7-11(2)25-10)8-13-9-26-17(19-13)20-15(22)14-4-3-12(5-18-14)16(23)24/h3-5,9-11H,6-8H2,1-2H3,(H,23,24)(H,19,20,22). The number of amides is 1. The molecule has 1 aliphatic rings. The number of pyridine rings is 1.